The molecule has 0 amide bonds. The molecule has 0 aliphatic carbocycles. The van der Waals surface area contributed by atoms with E-state index in [0.717, 1.165) is 6.42 Å². The van der Waals surface area contributed by atoms with E-state index in [1.165, 1.54) is 26.0 Å². The second-order valence-corrected chi connectivity index (χ2v) is 4.96. The van der Waals surface area contributed by atoms with Crippen LogP contribution < -0.4 is 5.73 Å². The van der Waals surface area contributed by atoms with Gasteiger partial charge in [0.25, 0.3) is 5.85 Å². The zero-order chi connectivity index (χ0) is 11.0. The molecule has 1 aliphatic rings. The van der Waals surface area contributed by atoms with Crippen molar-refractivity contribution in [1.82, 2.24) is 0 Å². The van der Waals surface area contributed by atoms with Gasteiger partial charge < -0.3 is 15.2 Å². The van der Waals surface area contributed by atoms with Crippen LogP contribution in [0.15, 0.2) is 0 Å². The van der Waals surface area contributed by atoms with Gasteiger partial charge in [-0.2, -0.15) is 0 Å². The van der Waals surface area contributed by atoms with Crippen LogP contribution in [-0.4, -0.2) is 36.3 Å². The number of ether oxygens (including phenoxy) is 2. The molecule has 0 radical (unpaired) electrons. The Morgan fingerprint density at radius 2 is 2.00 bits per heavy atom. The van der Waals surface area contributed by atoms with Crippen LogP contribution in [0.25, 0.3) is 0 Å². The lowest BCUT2D eigenvalue weighted by Gasteiger charge is -2.38. The maximum absolute atomic E-state index is 14.4. The number of methoxy groups -OCH3 is 2. The fraction of sp³-hybridized carbons (Fsp3) is 1.00. The van der Waals surface area contributed by atoms with Gasteiger partial charge in [0.05, 0.1) is 0 Å². The summed E-state index contributed by atoms with van der Waals surface area (Å²) in [7, 11) is 2.82. The van der Waals surface area contributed by atoms with Crippen LogP contribution in [0.3, 0.4) is 0 Å². The molecule has 0 spiro atoms. The molecule has 4 atom stereocenters. The van der Waals surface area contributed by atoms with Gasteiger partial charge in [0.2, 0.25) is 0 Å². The first kappa shape index (κ1) is 12.2. The first-order valence-electron chi connectivity index (χ1n) is 4.66. The van der Waals surface area contributed by atoms with E-state index in [-0.39, 0.29) is 5.25 Å². The zero-order valence-electron chi connectivity index (χ0n) is 9.04. The summed E-state index contributed by atoms with van der Waals surface area (Å²) in [5.74, 6) is -1.91. The molecule has 0 aromatic rings. The third kappa shape index (κ3) is 1.38. The second kappa shape index (κ2) is 3.96. The average molecular weight is 223 g/mol. The summed E-state index contributed by atoms with van der Waals surface area (Å²) >= 11 is 1.38. The number of hydrogen-bond acceptors (Lipinski definition) is 4. The molecule has 1 rings (SSSR count). The highest BCUT2D eigenvalue weighted by atomic mass is 32.2. The van der Waals surface area contributed by atoms with E-state index in [2.05, 4.69) is 0 Å². The van der Waals surface area contributed by atoms with Crippen LogP contribution in [-0.2, 0) is 9.47 Å². The summed E-state index contributed by atoms with van der Waals surface area (Å²) in [4.78, 5) is 0. The van der Waals surface area contributed by atoms with Crippen molar-refractivity contribution in [3.05, 3.63) is 0 Å². The Kier molecular flexibility index (Phi) is 3.46. The SMILES string of the molecule is CCC1SC(N)C(F)(OC)C1(C)OC. The number of alkyl halides is 1. The Hall–Kier alpha value is 0.160. The van der Waals surface area contributed by atoms with Crippen molar-refractivity contribution in [2.45, 2.75) is 42.3 Å². The smallest absolute Gasteiger partial charge is 0.263 e. The lowest BCUT2D eigenvalue weighted by molar-refractivity contribution is -0.239. The normalized spacial score (nSPS) is 48.4. The molecule has 3 nitrogen and oxygen atoms in total. The lowest BCUT2D eigenvalue weighted by Crippen LogP contribution is -2.58. The van der Waals surface area contributed by atoms with Crippen molar-refractivity contribution < 1.29 is 13.9 Å². The topological polar surface area (TPSA) is 44.5 Å². The van der Waals surface area contributed by atoms with Gasteiger partial charge in [-0.15, -0.1) is 11.8 Å². The lowest BCUT2D eigenvalue weighted by atomic mass is 9.91. The minimum Gasteiger partial charge on any atom is -0.371 e. The van der Waals surface area contributed by atoms with Crippen LogP contribution >= 0.6 is 11.8 Å². The van der Waals surface area contributed by atoms with E-state index in [1.54, 1.807) is 6.92 Å². The molecule has 1 fully saturated rings. The van der Waals surface area contributed by atoms with Crippen LogP contribution in [0.2, 0.25) is 0 Å². The van der Waals surface area contributed by atoms with Crippen molar-refractivity contribution in [2.75, 3.05) is 14.2 Å². The van der Waals surface area contributed by atoms with Gasteiger partial charge in [-0.1, -0.05) is 6.92 Å². The quantitative estimate of drug-likeness (QED) is 0.787. The fourth-order valence-electron chi connectivity index (χ4n) is 1.97. The van der Waals surface area contributed by atoms with E-state index in [0.29, 0.717) is 0 Å². The van der Waals surface area contributed by atoms with Gasteiger partial charge >= 0.3 is 0 Å². The standard InChI is InChI=1S/C9H18FNO2S/c1-5-6-8(2,12-3)9(10,13-4)7(11)14-6/h6-7H,5,11H2,1-4H3. The molecule has 0 bridgehead atoms. The molecule has 14 heavy (non-hydrogen) atoms. The van der Waals surface area contributed by atoms with Crippen LogP contribution in [0, 0.1) is 0 Å². The van der Waals surface area contributed by atoms with Crippen LogP contribution in [0.5, 0.6) is 0 Å². The molecule has 1 saturated heterocycles. The van der Waals surface area contributed by atoms with Gasteiger partial charge in [0, 0.05) is 19.5 Å². The Balaban J connectivity index is 3.04. The third-order valence-corrected chi connectivity index (χ3v) is 4.77. The highest BCUT2D eigenvalue weighted by Crippen LogP contribution is 2.52. The number of thioether (sulfide) groups is 1. The summed E-state index contributed by atoms with van der Waals surface area (Å²) in [6.45, 7) is 3.70. The minimum atomic E-state index is -1.91. The summed E-state index contributed by atoms with van der Waals surface area (Å²) in [5, 5.41) is -0.671. The molecule has 1 aliphatic heterocycles. The first-order valence-corrected chi connectivity index (χ1v) is 5.60. The van der Waals surface area contributed by atoms with Gasteiger partial charge in [0.15, 0.2) is 0 Å². The second-order valence-electron chi connectivity index (χ2n) is 3.61. The number of halogens is 1. The maximum atomic E-state index is 14.4. The highest BCUT2D eigenvalue weighted by Gasteiger charge is 2.64. The zero-order valence-corrected chi connectivity index (χ0v) is 9.86. The number of nitrogens with two attached hydrogens (primary N) is 1. The van der Waals surface area contributed by atoms with Crippen LogP contribution in [0.4, 0.5) is 4.39 Å². The molecular formula is C9H18FNO2S. The predicted octanol–water partition coefficient (Wildman–Crippen LogP) is 1.51. The van der Waals surface area contributed by atoms with Gasteiger partial charge in [0.1, 0.15) is 11.0 Å². The number of rotatable bonds is 3. The molecule has 1 heterocycles. The average Bonchev–Trinajstić information content (AvgIpc) is 2.40. The predicted molar refractivity (Wildman–Crippen MR) is 55.9 cm³/mol. The third-order valence-electron chi connectivity index (χ3n) is 3.06. The summed E-state index contributed by atoms with van der Waals surface area (Å²) in [6, 6.07) is 0. The molecule has 0 aromatic heterocycles. The van der Waals surface area contributed by atoms with E-state index in [1.807, 2.05) is 6.92 Å². The summed E-state index contributed by atoms with van der Waals surface area (Å²) in [5.41, 5.74) is 4.75. The molecule has 5 heteroatoms. The van der Waals surface area contributed by atoms with Crippen LogP contribution in [0.1, 0.15) is 20.3 Å². The van der Waals surface area contributed by atoms with E-state index in [4.69, 9.17) is 15.2 Å². The van der Waals surface area contributed by atoms with Crippen molar-refractivity contribution in [3.63, 3.8) is 0 Å². The molecular weight excluding hydrogens is 205 g/mol. The van der Waals surface area contributed by atoms with Gasteiger partial charge in [-0.3, -0.25) is 0 Å². The molecule has 84 valence electrons. The van der Waals surface area contributed by atoms with E-state index < -0.39 is 16.8 Å². The highest BCUT2D eigenvalue weighted by molar-refractivity contribution is 8.00. The number of hydrogen-bond donors (Lipinski definition) is 1. The monoisotopic (exact) mass is 223 g/mol. The van der Waals surface area contributed by atoms with Crippen molar-refractivity contribution in [3.8, 4) is 0 Å². The Labute approximate surface area is 88.5 Å². The fourth-order valence-corrected chi connectivity index (χ4v) is 3.54. The molecule has 4 unspecified atom stereocenters. The molecule has 0 saturated carbocycles. The summed E-state index contributed by atoms with van der Waals surface area (Å²) in [6.07, 6.45) is 0.803. The first-order chi connectivity index (χ1) is 6.46. The van der Waals surface area contributed by atoms with Gasteiger partial charge in [-0.05, 0) is 13.3 Å². The summed E-state index contributed by atoms with van der Waals surface area (Å²) < 4.78 is 24.6. The Bertz CT molecular complexity index is 219. The van der Waals surface area contributed by atoms with E-state index >= 15 is 0 Å². The van der Waals surface area contributed by atoms with Crippen molar-refractivity contribution >= 4 is 11.8 Å². The molecule has 0 aromatic carbocycles. The van der Waals surface area contributed by atoms with E-state index in [9.17, 15) is 4.39 Å². The largest absolute Gasteiger partial charge is 0.371 e. The Morgan fingerprint density at radius 3 is 2.36 bits per heavy atom. The van der Waals surface area contributed by atoms with Crippen molar-refractivity contribution in [1.29, 1.82) is 0 Å². The Morgan fingerprint density at radius 1 is 1.43 bits per heavy atom. The minimum absolute atomic E-state index is 0.0208. The van der Waals surface area contributed by atoms with Crippen molar-refractivity contribution in [2.24, 2.45) is 5.73 Å². The maximum Gasteiger partial charge on any atom is 0.263 e. The van der Waals surface area contributed by atoms with Gasteiger partial charge in [-0.25, -0.2) is 4.39 Å². The molecule has 2 N–H and O–H groups in total.